The fourth-order valence-corrected chi connectivity index (χ4v) is 2.66. The summed E-state index contributed by atoms with van der Waals surface area (Å²) in [5, 5.41) is 2.89. The number of benzene rings is 2. The van der Waals surface area contributed by atoms with E-state index in [-0.39, 0.29) is 5.91 Å². The minimum Gasteiger partial charge on any atom is -0.493 e. The van der Waals surface area contributed by atoms with Crippen LogP contribution in [-0.4, -0.2) is 40.3 Å². The molecule has 1 unspecified atom stereocenters. The lowest BCUT2D eigenvalue weighted by Gasteiger charge is -2.15. The van der Waals surface area contributed by atoms with Gasteiger partial charge in [0.05, 0.1) is 21.3 Å². The van der Waals surface area contributed by atoms with Crippen LogP contribution >= 0.6 is 0 Å². The fourth-order valence-electron chi connectivity index (χ4n) is 2.66. The Hall–Kier alpha value is -2.99. The SMILES string of the molecule is C=CCOc1ccc(C[NH+](C)CC(=O)Nc2ccc(OC)c(OC)c2)cc1. The number of ether oxygens (including phenoxy) is 3. The first-order chi connectivity index (χ1) is 13.0. The van der Waals surface area contributed by atoms with Gasteiger partial charge < -0.3 is 24.4 Å². The van der Waals surface area contributed by atoms with Crippen LogP contribution in [0.2, 0.25) is 0 Å². The second-order valence-corrected chi connectivity index (χ2v) is 6.17. The third-order valence-electron chi connectivity index (χ3n) is 3.93. The van der Waals surface area contributed by atoms with Crippen LogP contribution in [0.3, 0.4) is 0 Å². The van der Waals surface area contributed by atoms with Crippen molar-refractivity contribution in [1.82, 2.24) is 0 Å². The maximum Gasteiger partial charge on any atom is 0.279 e. The first-order valence-electron chi connectivity index (χ1n) is 8.71. The molecule has 2 aromatic rings. The smallest absolute Gasteiger partial charge is 0.279 e. The van der Waals surface area contributed by atoms with Gasteiger partial charge in [0, 0.05) is 17.3 Å². The molecule has 1 atom stereocenters. The van der Waals surface area contributed by atoms with Crippen LogP contribution in [-0.2, 0) is 11.3 Å². The molecule has 0 aliphatic carbocycles. The van der Waals surface area contributed by atoms with Crippen molar-refractivity contribution in [3.63, 3.8) is 0 Å². The molecule has 2 aromatic carbocycles. The van der Waals surface area contributed by atoms with Crippen molar-refractivity contribution < 1.29 is 23.9 Å². The Bertz CT molecular complexity index is 759. The van der Waals surface area contributed by atoms with Crippen molar-refractivity contribution in [3.05, 3.63) is 60.7 Å². The van der Waals surface area contributed by atoms with E-state index in [1.807, 2.05) is 31.3 Å². The number of rotatable bonds is 10. The molecule has 6 heteroatoms. The molecule has 0 aliphatic heterocycles. The second-order valence-electron chi connectivity index (χ2n) is 6.17. The molecule has 27 heavy (non-hydrogen) atoms. The van der Waals surface area contributed by atoms with E-state index in [4.69, 9.17) is 14.2 Å². The summed E-state index contributed by atoms with van der Waals surface area (Å²) >= 11 is 0. The van der Waals surface area contributed by atoms with Crippen molar-refractivity contribution in [1.29, 1.82) is 0 Å². The average Bonchev–Trinajstić information content (AvgIpc) is 2.67. The van der Waals surface area contributed by atoms with Crippen LogP contribution in [0.15, 0.2) is 55.1 Å². The zero-order valence-corrected chi connectivity index (χ0v) is 16.1. The lowest BCUT2D eigenvalue weighted by Crippen LogP contribution is -3.08. The molecular formula is C21H27N2O4+. The molecule has 0 radical (unpaired) electrons. The molecule has 6 nitrogen and oxygen atoms in total. The number of quaternary nitrogens is 1. The van der Waals surface area contributed by atoms with E-state index in [0.717, 1.165) is 22.8 Å². The van der Waals surface area contributed by atoms with Crippen molar-refractivity contribution in [2.45, 2.75) is 6.54 Å². The van der Waals surface area contributed by atoms with Crippen LogP contribution in [0.25, 0.3) is 0 Å². The van der Waals surface area contributed by atoms with Crippen molar-refractivity contribution in [2.24, 2.45) is 0 Å². The van der Waals surface area contributed by atoms with Gasteiger partial charge >= 0.3 is 0 Å². The van der Waals surface area contributed by atoms with Crippen LogP contribution in [0.4, 0.5) is 5.69 Å². The number of carbonyl (C=O) groups is 1. The summed E-state index contributed by atoms with van der Waals surface area (Å²) in [4.78, 5) is 13.4. The third kappa shape index (κ3) is 6.34. The molecule has 0 bridgehead atoms. The molecule has 1 amide bonds. The maximum atomic E-state index is 12.3. The molecule has 2 N–H and O–H groups in total. The lowest BCUT2D eigenvalue weighted by atomic mass is 10.2. The zero-order chi connectivity index (χ0) is 19.6. The van der Waals surface area contributed by atoms with Gasteiger partial charge in [0.15, 0.2) is 18.0 Å². The lowest BCUT2D eigenvalue weighted by molar-refractivity contribution is -0.885. The van der Waals surface area contributed by atoms with Gasteiger partial charge in [-0.25, -0.2) is 0 Å². The molecule has 0 aromatic heterocycles. The summed E-state index contributed by atoms with van der Waals surface area (Å²) in [5.74, 6) is 1.95. The molecule has 0 fully saturated rings. The van der Waals surface area contributed by atoms with E-state index >= 15 is 0 Å². The summed E-state index contributed by atoms with van der Waals surface area (Å²) in [6.45, 7) is 5.20. The Morgan fingerprint density at radius 1 is 1.11 bits per heavy atom. The molecule has 0 heterocycles. The molecule has 0 saturated heterocycles. The molecule has 2 rings (SSSR count). The highest BCUT2D eigenvalue weighted by Gasteiger charge is 2.12. The topological polar surface area (TPSA) is 61.2 Å². The largest absolute Gasteiger partial charge is 0.493 e. The molecule has 0 saturated carbocycles. The van der Waals surface area contributed by atoms with Gasteiger partial charge in [0.25, 0.3) is 5.91 Å². The third-order valence-corrected chi connectivity index (χ3v) is 3.93. The van der Waals surface area contributed by atoms with E-state index in [9.17, 15) is 4.79 Å². The van der Waals surface area contributed by atoms with Gasteiger partial charge in [0.2, 0.25) is 0 Å². The van der Waals surface area contributed by atoms with E-state index in [1.165, 1.54) is 0 Å². The monoisotopic (exact) mass is 371 g/mol. The average molecular weight is 371 g/mol. The Balaban J connectivity index is 1.87. The molecule has 144 valence electrons. The normalized spacial score (nSPS) is 11.4. The van der Waals surface area contributed by atoms with Gasteiger partial charge in [-0.05, 0) is 36.4 Å². The number of anilines is 1. The fraction of sp³-hybridized carbons (Fsp3) is 0.286. The maximum absolute atomic E-state index is 12.3. The standard InChI is InChI=1S/C21H26N2O4/c1-5-12-27-18-9-6-16(7-10-18)14-23(2)15-21(24)22-17-8-11-19(25-3)20(13-17)26-4/h5-11,13H,1,12,14-15H2,2-4H3,(H,22,24)/p+1. The first kappa shape index (κ1) is 20.3. The summed E-state index contributed by atoms with van der Waals surface area (Å²) in [7, 11) is 5.12. The number of likely N-dealkylation sites (N-methyl/N-ethyl adjacent to an activating group) is 1. The van der Waals surface area contributed by atoms with Gasteiger partial charge in [-0.1, -0.05) is 12.7 Å². The Morgan fingerprint density at radius 3 is 2.44 bits per heavy atom. The second kappa shape index (κ2) is 10.2. The number of amides is 1. The van der Waals surface area contributed by atoms with Gasteiger partial charge in [0.1, 0.15) is 18.9 Å². The van der Waals surface area contributed by atoms with E-state index in [0.29, 0.717) is 30.3 Å². The number of hydrogen-bond acceptors (Lipinski definition) is 4. The zero-order valence-electron chi connectivity index (χ0n) is 16.1. The van der Waals surface area contributed by atoms with Crippen LogP contribution in [0, 0.1) is 0 Å². The Labute approximate surface area is 160 Å². The minimum absolute atomic E-state index is 0.0642. The summed E-state index contributed by atoms with van der Waals surface area (Å²) in [6, 6.07) is 13.2. The predicted molar refractivity (Wildman–Crippen MR) is 106 cm³/mol. The summed E-state index contributed by atoms with van der Waals surface area (Å²) in [5.41, 5.74) is 1.81. The van der Waals surface area contributed by atoms with Gasteiger partial charge in [-0.3, -0.25) is 4.79 Å². The highest BCUT2D eigenvalue weighted by atomic mass is 16.5. The molecular weight excluding hydrogens is 344 g/mol. The van der Waals surface area contributed by atoms with Crippen LogP contribution in [0.5, 0.6) is 17.2 Å². The minimum atomic E-state index is -0.0642. The Kier molecular flexibility index (Phi) is 7.70. The van der Waals surface area contributed by atoms with Crippen molar-refractivity contribution in [2.75, 3.05) is 39.7 Å². The van der Waals surface area contributed by atoms with Crippen LogP contribution in [0.1, 0.15) is 5.56 Å². The summed E-state index contributed by atoms with van der Waals surface area (Å²) < 4.78 is 15.9. The highest BCUT2D eigenvalue weighted by molar-refractivity contribution is 5.91. The number of nitrogens with one attached hydrogen (secondary N) is 2. The van der Waals surface area contributed by atoms with Gasteiger partial charge in [-0.15, -0.1) is 0 Å². The molecule has 0 spiro atoms. The highest BCUT2D eigenvalue weighted by Crippen LogP contribution is 2.29. The predicted octanol–water partition coefficient (Wildman–Crippen LogP) is 1.92. The summed E-state index contributed by atoms with van der Waals surface area (Å²) in [6.07, 6.45) is 1.71. The van der Waals surface area contributed by atoms with Crippen molar-refractivity contribution in [3.8, 4) is 17.2 Å². The number of hydrogen-bond donors (Lipinski definition) is 2. The number of carbonyl (C=O) groups excluding carboxylic acids is 1. The van der Waals surface area contributed by atoms with E-state index < -0.39 is 0 Å². The van der Waals surface area contributed by atoms with E-state index in [2.05, 4.69) is 11.9 Å². The Morgan fingerprint density at radius 2 is 1.81 bits per heavy atom. The van der Waals surface area contributed by atoms with Gasteiger partial charge in [-0.2, -0.15) is 0 Å². The first-order valence-corrected chi connectivity index (χ1v) is 8.71. The molecule has 0 aliphatic rings. The van der Waals surface area contributed by atoms with E-state index in [1.54, 1.807) is 38.5 Å². The van der Waals surface area contributed by atoms with Crippen molar-refractivity contribution >= 4 is 11.6 Å². The van der Waals surface area contributed by atoms with Crippen LogP contribution < -0.4 is 24.4 Å². The quantitative estimate of drug-likeness (QED) is 0.627. The number of methoxy groups -OCH3 is 2.